The van der Waals surface area contributed by atoms with Crippen LogP contribution in [0.3, 0.4) is 0 Å². The van der Waals surface area contributed by atoms with Crippen LogP contribution in [-0.2, 0) is 12.5 Å². The number of aryl methyl sites for hydroxylation is 1. The third kappa shape index (κ3) is 2.58. The van der Waals surface area contributed by atoms with Crippen LogP contribution in [0.1, 0.15) is 31.2 Å². The van der Waals surface area contributed by atoms with Crippen LogP contribution in [-0.4, -0.2) is 14.9 Å². The van der Waals surface area contributed by atoms with Gasteiger partial charge in [0.2, 0.25) is 0 Å². The summed E-state index contributed by atoms with van der Waals surface area (Å²) in [6, 6.07) is 6.20. The zero-order valence-electron chi connectivity index (χ0n) is 11.1. The van der Waals surface area contributed by atoms with Crippen LogP contribution in [0, 0.1) is 5.82 Å². The Bertz CT molecular complexity index is 558. The highest BCUT2D eigenvalue weighted by atomic mass is 79.9. The topological polar surface area (TPSA) is 38.0 Å². The van der Waals surface area contributed by atoms with Crippen LogP contribution in [0.25, 0.3) is 0 Å². The molecule has 1 atom stereocenters. The van der Waals surface area contributed by atoms with E-state index in [1.165, 1.54) is 12.1 Å². The van der Waals surface area contributed by atoms with E-state index >= 15 is 0 Å². The lowest BCUT2D eigenvalue weighted by molar-refractivity contribution is 0.0915. The lowest BCUT2D eigenvalue weighted by Gasteiger charge is -2.31. The van der Waals surface area contributed by atoms with Crippen LogP contribution in [0.4, 0.5) is 4.39 Å². The Morgan fingerprint density at radius 3 is 2.37 bits per heavy atom. The summed E-state index contributed by atoms with van der Waals surface area (Å²) in [6.45, 7) is 3.84. The number of aliphatic hydroxyl groups excluding tert-OH is 1. The van der Waals surface area contributed by atoms with Gasteiger partial charge < -0.3 is 5.11 Å². The van der Waals surface area contributed by atoms with Gasteiger partial charge in [-0.05, 0) is 33.6 Å². The first-order chi connectivity index (χ1) is 8.84. The molecule has 0 aliphatic heterocycles. The van der Waals surface area contributed by atoms with Crippen LogP contribution in [0.15, 0.2) is 34.9 Å². The molecule has 0 saturated carbocycles. The van der Waals surface area contributed by atoms with Crippen LogP contribution in [0.5, 0.6) is 0 Å². The molecule has 0 aliphatic carbocycles. The van der Waals surface area contributed by atoms with Gasteiger partial charge in [0.1, 0.15) is 11.9 Å². The van der Waals surface area contributed by atoms with Crippen molar-refractivity contribution in [1.82, 2.24) is 9.78 Å². The van der Waals surface area contributed by atoms with Crippen LogP contribution >= 0.6 is 15.9 Å². The molecule has 0 radical (unpaired) electrons. The van der Waals surface area contributed by atoms with Gasteiger partial charge in [0.25, 0.3) is 0 Å². The Balaban J connectivity index is 2.41. The molecule has 1 aromatic carbocycles. The Morgan fingerprint density at radius 2 is 1.89 bits per heavy atom. The molecule has 102 valence electrons. The first kappa shape index (κ1) is 14.2. The Hall–Kier alpha value is -1.20. The van der Waals surface area contributed by atoms with E-state index in [9.17, 15) is 9.50 Å². The van der Waals surface area contributed by atoms with E-state index < -0.39 is 11.5 Å². The predicted molar refractivity (Wildman–Crippen MR) is 75.3 cm³/mol. The minimum Gasteiger partial charge on any atom is -0.386 e. The summed E-state index contributed by atoms with van der Waals surface area (Å²) in [5, 5.41) is 14.7. The number of hydrogen-bond acceptors (Lipinski definition) is 2. The number of aromatic nitrogens is 2. The fourth-order valence-electron chi connectivity index (χ4n) is 2.11. The summed E-state index contributed by atoms with van der Waals surface area (Å²) >= 11 is 3.39. The standard InChI is InChI=1S/C14H16BrFN2O/c1-14(2,9-4-6-10(16)7-5-9)13(19)12-11(15)8-17-18(12)3/h4-8,13,19H,1-3H3. The second kappa shape index (κ2) is 5.06. The number of hydrogen-bond donors (Lipinski definition) is 1. The van der Waals surface area contributed by atoms with Crippen molar-refractivity contribution in [2.45, 2.75) is 25.4 Å². The monoisotopic (exact) mass is 326 g/mol. The summed E-state index contributed by atoms with van der Waals surface area (Å²) in [5.41, 5.74) is 1.02. The second-order valence-corrected chi connectivity index (χ2v) is 5.99. The fraction of sp³-hybridized carbons (Fsp3) is 0.357. The number of aliphatic hydroxyl groups is 1. The first-order valence-electron chi connectivity index (χ1n) is 5.95. The molecule has 1 aromatic heterocycles. The van der Waals surface area contributed by atoms with E-state index in [4.69, 9.17) is 0 Å². The summed E-state index contributed by atoms with van der Waals surface area (Å²) in [7, 11) is 1.78. The SMILES string of the molecule is Cn1ncc(Br)c1C(O)C(C)(C)c1ccc(F)cc1. The van der Waals surface area contributed by atoms with Crippen LogP contribution in [0.2, 0.25) is 0 Å². The highest BCUT2D eigenvalue weighted by molar-refractivity contribution is 9.10. The molecule has 3 nitrogen and oxygen atoms in total. The largest absolute Gasteiger partial charge is 0.386 e. The van der Waals surface area contributed by atoms with Gasteiger partial charge in [-0.2, -0.15) is 5.10 Å². The van der Waals surface area contributed by atoms with Crippen molar-refractivity contribution >= 4 is 15.9 Å². The molecular weight excluding hydrogens is 311 g/mol. The van der Waals surface area contributed by atoms with Gasteiger partial charge in [-0.25, -0.2) is 4.39 Å². The van der Waals surface area contributed by atoms with Gasteiger partial charge in [0.15, 0.2) is 0 Å². The zero-order valence-corrected chi connectivity index (χ0v) is 12.6. The maximum atomic E-state index is 13.0. The number of halogens is 2. The van der Waals surface area contributed by atoms with Gasteiger partial charge in [0.05, 0.1) is 16.4 Å². The second-order valence-electron chi connectivity index (χ2n) is 5.13. The predicted octanol–water partition coefficient (Wildman–Crippen LogP) is 3.33. The molecule has 1 heterocycles. The third-order valence-electron chi connectivity index (χ3n) is 3.47. The van der Waals surface area contributed by atoms with Crippen molar-refractivity contribution in [1.29, 1.82) is 0 Å². The van der Waals surface area contributed by atoms with Crippen molar-refractivity contribution in [3.63, 3.8) is 0 Å². The smallest absolute Gasteiger partial charge is 0.123 e. The van der Waals surface area contributed by atoms with Gasteiger partial charge in [-0.15, -0.1) is 0 Å². The lowest BCUT2D eigenvalue weighted by atomic mass is 9.78. The fourth-order valence-corrected chi connectivity index (χ4v) is 2.67. The van der Waals surface area contributed by atoms with Crippen LogP contribution < -0.4 is 0 Å². The van der Waals surface area contributed by atoms with Crippen molar-refractivity contribution in [2.75, 3.05) is 0 Å². The highest BCUT2D eigenvalue weighted by Gasteiger charge is 2.34. The molecular formula is C14H16BrFN2O. The summed E-state index contributed by atoms with van der Waals surface area (Å²) in [4.78, 5) is 0. The summed E-state index contributed by atoms with van der Waals surface area (Å²) < 4.78 is 15.4. The minimum atomic E-state index is -0.750. The molecule has 0 spiro atoms. The van der Waals surface area contributed by atoms with Gasteiger partial charge in [-0.3, -0.25) is 4.68 Å². The highest BCUT2D eigenvalue weighted by Crippen LogP contribution is 2.39. The molecule has 19 heavy (non-hydrogen) atoms. The van der Waals surface area contributed by atoms with E-state index in [1.54, 1.807) is 30.1 Å². The van der Waals surface area contributed by atoms with E-state index in [2.05, 4.69) is 21.0 Å². The number of rotatable bonds is 3. The van der Waals surface area contributed by atoms with Crippen molar-refractivity contribution < 1.29 is 9.50 Å². The Labute approximate surface area is 120 Å². The normalized spacial score (nSPS) is 13.6. The number of benzene rings is 1. The average Bonchev–Trinajstić information content (AvgIpc) is 2.68. The van der Waals surface area contributed by atoms with Crippen molar-refractivity contribution in [3.05, 3.63) is 52.0 Å². The molecule has 0 amide bonds. The summed E-state index contributed by atoms with van der Waals surface area (Å²) in [5.74, 6) is -0.282. The molecule has 0 saturated heterocycles. The van der Waals surface area contributed by atoms with E-state index in [1.807, 2.05) is 13.8 Å². The van der Waals surface area contributed by atoms with E-state index in [-0.39, 0.29) is 5.82 Å². The zero-order chi connectivity index (χ0) is 14.2. The van der Waals surface area contributed by atoms with Gasteiger partial charge >= 0.3 is 0 Å². The quantitative estimate of drug-likeness (QED) is 0.939. The summed E-state index contributed by atoms with van der Waals surface area (Å²) in [6.07, 6.45) is 0.902. The molecule has 1 N–H and O–H groups in total. The maximum Gasteiger partial charge on any atom is 0.123 e. The lowest BCUT2D eigenvalue weighted by Crippen LogP contribution is -2.28. The van der Waals surface area contributed by atoms with Crippen molar-refractivity contribution in [3.8, 4) is 0 Å². The molecule has 0 aliphatic rings. The number of nitrogens with zero attached hydrogens (tertiary/aromatic N) is 2. The van der Waals surface area contributed by atoms with Gasteiger partial charge in [0, 0.05) is 12.5 Å². The molecule has 2 rings (SSSR count). The molecule has 0 bridgehead atoms. The van der Waals surface area contributed by atoms with E-state index in [0.717, 1.165) is 10.0 Å². The molecule has 1 unspecified atom stereocenters. The Morgan fingerprint density at radius 1 is 1.32 bits per heavy atom. The minimum absolute atomic E-state index is 0.282. The van der Waals surface area contributed by atoms with Gasteiger partial charge in [-0.1, -0.05) is 26.0 Å². The third-order valence-corrected chi connectivity index (χ3v) is 4.08. The molecule has 0 fully saturated rings. The molecule has 5 heteroatoms. The maximum absolute atomic E-state index is 13.0. The Kier molecular flexibility index (Phi) is 3.78. The molecule has 2 aromatic rings. The average molecular weight is 327 g/mol. The van der Waals surface area contributed by atoms with Crippen molar-refractivity contribution in [2.24, 2.45) is 7.05 Å². The first-order valence-corrected chi connectivity index (χ1v) is 6.75. The van der Waals surface area contributed by atoms with E-state index in [0.29, 0.717) is 5.69 Å².